The fourth-order valence-corrected chi connectivity index (χ4v) is 5.57. The third-order valence-electron chi connectivity index (χ3n) is 5.54. The number of amides is 2. The van der Waals surface area contributed by atoms with Gasteiger partial charge in [-0.05, 0) is 60.3 Å². The third kappa shape index (κ3) is 5.46. The lowest BCUT2D eigenvalue weighted by molar-refractivity contribution is -0.114. The number of benzene rings is 2. The van der Waals surface area contributed by atoms with Crippen molar-refractivity contribution >= 4 is 69.1 Å². The van der Waals surface area contributed by atoms with Gasteiger partial charge in [-0.25, -0.2) is 9.89 Å². The van der Waals surface area contributed by atoms with Crippen molar-refractivity contribution in [1.29, 1.82) is 0 Å². The fraction of sp³-hybridized carbons (Fsp3) is 0.192. The zero-order valence-electron chi connectivity index (χ0n) is 19.9. The van der Waals surface area contributed by atoms with Gasteiger partial charge in [0.15, 0.2) is 16.7 Å². The van der Waals surface area contributed by atoms with Gasteiger partial charge in [0.05, 0.1) is 18.6 Å². The van der Waals surface area contributed by atoms with Crippen molar-refractivity contribution in [3.8, 4) is 17.2 Å². The molecule has 0 radical (unpaired) electrons. The molecular weight excluding hydrogens is 534 g/mol. The number of amidine groups is 1. The summed E-state index contributed by atoms with van der Waals surface area (Å²) in [5.41, 5.74) is 2.35. The average molecular weight is 556 g/mol. The molecule has 0 fully saturated rings. The molecule has 0 saturated carbocycles. The van der Waals surface area contributed by atoms with E-state index >= 15 is 0 Å². The van der Waals surface area contributed by atoms with E-state index in [-0.39, 0.29) is 23.3 Å². The Morgan fingerprint density at radius 3 is 2.78 bits per heavy atom. The maximum Gasteiger partial charge on any atom is 0.283 e. The summed E-state index contributed by atoms with van der Waals surface area (Å²) in [4.78, 5) is 33.3. The number of nitrogens with one attached hydrogen (secondary N) is 1. The molecule has 0 aliphatic carbocycles. The molecule has 3 heterocycles. The topological polar surface area (TPSA) is 89.5 Å². The Morgan fingerprint density at radius 1 is 1.22 bits per heavy atom. The summed E-state index contributed by atoms with van der Waals surface area (Å²) in [6, 6.07) is 12.2. The van der Waals surface area contributed by atoms with Gasteiger partial charge in [0.25, 0.3) is 5.91 Å². The zero-order chi connectivity index (χ0) is 25.9. The molecule has 37 heavy (non-hydrogen) atoms. The van der Waals surface area contributed by atoms with Crippen LogP contribution in [0.5, 0.6) is 17.2 Å². The standard InChI is InChI=1S/C26H22ClN3O5S2/c1-15-7-10-36-23(15)13-18-25(32)30(19-11-16(27)3-5-20(19)33-2)26(29-18)37-14-24(31)28-17-4-6-21-22(12-17)35-9-8-34-21/h3-7,10-13H,8-9,14H2,1-2H3,(H,28,31)/b18-13-. The highest BCUT2D eigenvalue weighted by molar-refractivity contribution is 8.14. The number of nitrogens with zero attached hydrogens (tertiary/aromatic N) is 2. The van der Waals surface area contributed by atoms with E-state index in [2.05, 4.69) is 10.3 Å². The molecule has 5 rings (SSSR count). The number of aryl methyl sites for hydroxylation is 1. The van der Waals surface area contributed by atoms with Crippen LogP contribution >= 0.6 is 34.7 Å². The first-order valence-electron chi connectivity index (χ1n) is 11.3. The van der Waals surface area contributed by atoms with E-state index in [9.17, 15) is 9.59 Å². The maximum absolute atomic E-state index is 13.5. The minimum Gasteiger partial charge on any atom is -0.495 e. The van der Waals surface area contributed by atoms with Crippen LogP contribution in [-0.4, -0.2) is 43.1 Å². The van der Waals surface area contributed by atoms with Crippen molar-refractivity contribution in [2.24, 2.45) is 4.99 Å². The third-order valence-corrected chi connectivity index (χ3v) is 7.68. The van der Waals surface area contributed by atoms with Crippen molar-refractivity contribution in [2.75, 3.05) is 36.3 Å². The van der Waals surface area contributed by atoms with E-state index in [4.69, 9.17) is 25.8 Å². The number of fused-ring (bicyclic) bond motifs is 1. The number of aliphatic imine (C=N–C) groups is 1. The normalized spacial score (nSPS) is 15.6. The van der Waals surface area contributed by atoms with Gasteiger partial charge in [-0.2, -0.15) is 0 Å². The van der Waals surface area contributed by atoms with Crippen LogP contribution in [0.4, 0.5) is 11.4 Å². The number of ether oxygens (including phenoxy) is 3. The van der Waals surface area contributed by atoms with Crippen molar-refractivity contribution in [3.05, 3.63) is 69.0 Å². The van der Waals surface area contributed by atoms with E-state index in [0.717, 1.165) is 22.2 Å². The highest BCUT2D eigenvalue weighted by atomic mass is 35.5. The molecule has 190 valence electrons. The highest BCUT2D eigenvalue weighted by Gasteiger charge is 2.34. The first-order chi connectivity index (χ1) is 17.9. The Labute approximate surface area is 226 Å². The number of thioether (sulfide) groups is 1. The summed E-state index contributed by atoms with van der Waals surface area (Å²) in [6.45, 7) is 2.92. The second kappa shape index (κ2) is 10.9. The van der Waals surface area contributed by atoms with Gasteiger partial charge in [-0.1, -0.05) is 23.4 Å². The van der Waals surface area contributed by atoms with Gasteiger partial charge in [-0.15, -0.1) is 11.3 Å². The number of anilines is 2. The second-order valence-corrected chi connectivity index (χ2v) is 10.4. The molecule has 0 bridgehead atoms. The predicted octanol–water partition coefficient (Wildman–Crippen LogP) is 5.61. The minimum absolute atomic E-state index is 0.0191. The summed E-state index contributed by atoms with van der Waals surface area (Å²) in [7, 11) is 1.52. The van der Waals surface area contributed by atoms with E-state index in [0.29, 0.717) is 52.0 Å². The van der Waals surface area contributed by atoms with Gasteiger partial charge in [0, 0.05) is 21.7 Å². The lowest BCUT2D eigenvalue weighted by Gasteiger charge is -2.20. The van der Waals surface area contributed by atoms with Crippen LogP contribution in [0.3, 0.4) is 0 Å². The SMILES string of the molecule is COc1ccc(Cl)cc1N1C(=O)/C(=C/c2sccc2C)N=C1SCC(=O)Nc1ccc2c(c1)OCCO2. The highest BCUT2D eigenvalue weighted by Crippen LogP contribution is 2.38. The molecule has 0 atom stereocenters. The minimum atomic E-state index is -0.330. The van der Waals surface area contributed by atoms with Crippen LogP contribution in [0.2, 0.25) is 5.02 Å². The van der Waals surface area contributed by atoms with Crippen molar-refractivity contribution in [1.82, 2.24) is 0 Å². The lowest BCUT2D eigenvalue weighted by atomic mass is 10.2. The second-order valence-electron chi connectivity index (χ2n) is 8.04. The number of halogens is 1. The Bertz CT molecular complexity index is 1440. The summed E-state index contributed by atoms with van der Waals surface area (Å²) >= 11 is 8.92. The molecule has 0 spiro atoms. The van der Waals surface area contributed by atoms with E-state index in [1.165, 1.54) is 23.3 Å². The number of methoxy groups -OCH3 is 1. The van der Waals surface area contributed by atoms with Gasteiger partial charge in [-0.3, -0.25) is 9.59 Å². The monoisotopic (exact) mass is 555 g/mol. The molecule has 0 unspecified atom stereocenters. The number of thiophene rings is 1. The predicted molar refractivity (Wildman–Crippen MR) is 148 cm³/mol. The zero-order valence-corrected chi connectivity index (χ0v) is 22.3. The summed E-state index contributed by atoms with van der Waals surface area (Å²) < 4.78 is 16.6. The number of hydrogen-bond donors (Lipinski definition) is 1. The molecule has 2 aliphatic heterocycles. The van der Waals surface area contributed by atoms with Crippen LogP contribution in [0.25, 0.3) is 6.08 Å². The van der Waals surface area contributed by atoms with E-state index in [1.807, 2.05) is 18.4 Å². The summed E-state index contributed by atoms with van der Waals surface area (Å²) in [5.74, 6) is 1.11. The van der Waals surface area contributed by atoms with Crippen molar-refractivity contribution < 1.29 is 23.8 Å². The molecular formula is C26H22ClN3O5S2. The number of hydrogen-bond acceptors (Lipinski definition) is 8. The van der Waals surface area contributed by atoms with Gasteiger partial charge < -0.3 is 19.5 Å². The van der Waals surface area contributed by atoms with Crippen LogP contribution < -0.4 is 24.4 Å². The maximum atomic E-state index is 13.5. The molecule has 2 amide bonds. The molecule has 2 aromatic carbocycles. The Hall–Kier alpha value is -3.47. The van der Waals surface area contributed by atoms with Crippen LogP contribution in [0, 0.1) is 6.92 Å². The molecule has 3 aromatic rings. The molecule has 11 heteroatoms. The number of carbonyl (C=O) groups is 2. The Kier molecular flexibility index (Phi) is 7.40. The van der Waals surface area contributed by atoms with E-state index in [1.54, 1.807) is 42.5 Å². The molecule has 1 N–H and O–H groups in total. The van der Waals surface area contributed by atoms with Crippen LogP contribution in [0.15, 0.2) is 58.5 Å². The fourth-order valence-electron chi connectivity index (χ4n) is 3.75. The molecule has 2 aliphatic rings. The van der Waals surface area contributed by atoms with Gasteiger partial charge in [0.2, 0.25) is 5.91 Å². The van der Waals surface area contributed by atoms with Crippen molar-refractivity contribution in [3.63, 3.8) is 0 Å². The van der Waals surface area contributed by atoms with Gasteiger partial charge >= 0.3 is 0 Å². The summed E-state index contributed by atoms with van der Waals surface area (Å²) in [6.07, 6.45) is 1.76. The van der Waals surface area contributed by atoms with Crippen LogP contribution in [0.1, 0.15) is 10.4 Å². The van der Waals surface area contributed by atoms with Gasteiger partial charge in [0.1, 0.15) is 24.7 Å². The molecule has 0 saturated heterocycles. The smallest absolute Gasteiger partial charge is 0.283 e. The molecule has 8 nitrogen and oxygen atoms in total. The van der Waals surface area contributed by atoms with Crippen LogP contribution in [-0.2, 0) is 9.59 Å². The number of carbonyl (C=O) groups excluding carboxylic acids is 2. The lowest BCUT2D eigenvalue weighted by Crippen LogP contribution is -2.31. The number of rotatable bonds is 6. The van der Waals surface area contributed by atoms with Crippen molar-refractivity contribution in [2.45, 2.75) is 6.92 Å². The first-order valence-corrected chi connectivity index (χ1v) is 13.5. The quantitative estimate of drug-likeness (QED) is 0.398. The summed E-state index contributed by atoms with van der Waals surface area (Å²) in [5, 5.41) is 5.61. The van der Waals surface area contributed by atoms with E-state index < -0.39 is 0 Å². The average Bonchev–Trinajstić information content (AvgIpc) is 3.44. The Balaban J connectivity index is 1.39. The first kappa shape index (κ1) is 25.2. The Morgan fingerprint density at radius 2 is 2.03 bits per heavy atom. The molecule has 1 aromatic heterocycles. The largest absolute Gasteiger partial charge is 0.495 e.